The smallest absolute Gasteiger partial charge is 0.134 e. The zero-order valence-electron chi connectivity index (χ0n) is 12.3. The molecular weight excluding hydrogens is 275 g/mol. The van der Waals surface area contributed by atoms with Gasteiger partial charge in [0.25, 0.3) is 0 Å². The molecule has 0 fully saturated rings. The molecule has 0 aliphatic rings. The largest absolute Gasteiger partial charge is 0.461 e. The highest BCUT2D eigenvalue weighted by Crippen LogP contribution is 2.36. The number of aryl methyl sites for hydroxylation is 2. The predicted octanol–water partition coefficient (Wildman–Crippen LogP) is 6.03. The van der Waals surface area contributed by atoms with Crippen molar-refractivity contribution in [2.24, 2.45) is 5.92 Å². The Kier molecular flexibility index (Phi) is 4.54. The fourth-order valence-corrected chi connectivity index (χ4v) is 2.96. The van der Waals surface area contributed by atoms with Gasteiger partial charge in [-0.15, -0.1) is 11.6 Å². The van der Waals surface area contributed by atoms with Crippen molar-refractivity contribution in [1.29, 1.82) is 0 Å². The van der Waals surface area contributed by atoms with Gasteiger partial charge in [-0.05, 0) is 56.0 Å². The summed E-state index contributed by atoms with van der Waals surface area (Å²) in [4.78, 5) is 0. The lowest BCUT2D eigenvalue weighted by Gasteiger charge is -2.10. The molecule has 20 heavy (non-hydrogen) atoms. The molecule has 108 valence electrons. The Hall–Kier alpha value is -1.28. The van der Waals surface area contributed by atoms with Crippen molar-refractivity contribution in [3.63, 3.8) is 0 Å². The molecule has 0 aliphatic carbocycles. The molecule has 2 aromatic rings. The van der Waals surface area contributed by atoms with E-state index in [4.69, 9.17) is 16.0 Å². The van der Waals surface area contributed by atoms with Crippen LogP contribution in [0, 0.1) is 25.6 Å². The molecule has 1 aromatic heterocycles. The van der Waals surface area contributed by atoms with Gasteiger partial charge in [0.15, 0.2) is 0 Å². The number of alkyl halides is 1. The van der Waals surface area contributed by atoms with E-state index in [1.807, 2.05) is 19.9 Å². The molecule has 1 heterocycles. The third-order valence-electron chi connectivity index (χ3n) is 3.43. The van der Waals surface area contributed by atoms with Crippen LogP contribution < -0.4 is 0 Å². The standard InChI is InChI=1S/C17H20ClFO/c1-10(2)7-16(18)15-9-17(20-12(15)4)14-6-5-13(19)8-11(14)3/h5-6,8-10,16H,7H2,1-4H3. The van der Waals surface area contributed by atoms with Crippen LogP contribution in [0.2, 0.25) is 0 Å². The summed E-state index contributed by atoms with van der Waals surface area (Å²) in [5.74, 6) is 1.89. The summed E-state index contributed by atoms with van der Waals surface area (Å²) in [6, 6.07) is 6.69. The van der Waals surface area contributed by atoms with Crippen molar-refractivity contribution >= 4 is 11.6 Å². The van der Waals surface area contributed by atoms with Crippen molar-refractivity contribution in [2.45, 2.75) is 39.5 Å². The van der Waals surface area contributed by atoms with Gasteiger partial charge < -0.3 is 4.42 Å². The quantitative estimate of drug-likeness (QED) is 0.628. The molecular formula is C17H20ClFO. The zero-order chi connectivity index (χ0) is 14.9. The molecule has 0 saturated heterocycles. The fraction of sp³-hybridized carbons (Fsp3) is 0.412. The molecule has 3 heteroatoms. The third kappa shape index (κ3) is 3.24. The number of halogens is 2. The van der Waals surface area contributed by atoms with E-state index >= 15 is 0 Å². The normalized spacial score (nSPS) is 12.9. The third-order valence-corrected chi connectivity index (χ3v) is 3.84. The van der Waals surface area contributed by atoms with E-state index in [9.17, 15) is 4.39 Å². The van der Waals surface area contributed by atoms with Crippen LogP contribution in [0.4, 0.5) is 4.39 Å². The first-order valence-electron chi connectivity index (χ1n) is 6.89. The van der Waals surface area contributed by atoms with Gasteiger partial charge in [0.05, 0.1) is 5.38 Å². The summed E-state index contributed by atoms with van der Waals surface area (Å²) < 4.78 is 19.0. The summed E-state index contributed by atoms with van der Waals surface area (Å²) in [7, 11) is 0. The Labute approximate surface area is 124 Å². The highest BCUT2D eigenvalue weighted by atomic mass is 35.5. The van der Waals surface area contributed by atoms with Crippen molar-refractivity contribution in [3.05, 3.63) is 47.0 Å². The zero-order valence-corrected chi connectivity index (χ0v) is 13.1. The van der Waals surface area contributed by atoms with E-state index in [0.717, 1.165) is 34.6 Å². The maximum Gasteiger partial charge on any atom is 0.134 e. The molecule has 0 bridgehead atoms. The van der Waals surface area contributed by atoms with Crippen LogP contribution in [0.25, 0.3) is 11.3 Å². The number of hydrogen-bond donors (Lipinski definition) is 0. The Balaban J connectivity index is 2.35. The molecule has 2 rings (SSSR count). The maximum atomic E-state index is 13.2. The molecule has 1 nitrogen and oxygen atoms in total. The summed E-state index contributed by atoms with van der Waals surface area (Å²) in [6.07, 6.45) is 0.907. The van der Waals surface area contributed by atoms with Crippen LogP contribution >= 0.6 is 11.6 Å². The van der Waals surface area contributed by atoms with Crippen molar-refractivity contribution in [1.82, 2.24) is 0 Å². The van der Waals surface area contributed by atoms with Crippen molar-refractivity contribution in [3.8, 4) is 11.3 Å². The topological polar surface area (TPSA) is 13.1 Å². The molecule has 1 unspecified atom stereocenters. The first kappa shape index (κ1) is 15.1. The number of benzene rings is 1. The summed E-state index contributed by atoms with van der Waals surface area (Å²) in [6.45, 7) is 8.10. The predicted molar refractivity (Wildman–Crippen MR) is 81.6 cm³/mol. The molecule has 0 N–H and O–H groups in total. The monoisotopic (exact) mass is 294 g/mol. The van der Waals surface area contributed by atoms with Crippen LogP contribution in [-0.2, 0) is 0 Å². The summed E-state index contributed by atoms with van der Waals surface area (Å²) >= 11 is 6.45. The van der Waals surface area contributed by atoms with Crippen LogP contribution in [0.1, 0.15) is 42.5 Å². The molecule has 1 aromatic carbocycles. The van der Waals surface area contributed by atoms with Gasteiger partial charge in [-0.2, -0.15) is 0 Å². The second-order valence-corrected chi connectivity index (χ2v) is 6.21. The molecule has 0 spiro atoms. The fourth-order valence-electron chi connectivity index (χ4n) is 2.38. The van der Waals surface area contributed by atoms with Gasteiger partial charge in [0.2, 0.25) is 0 Å². The van der Waals surface area contributed by atoms with E-state index in [2.05, 4.69) is 13.8 Å². The Morgan fingerprint density at radius 3 is 2.50 bits per heavy atom. The van der Waals surface area contributed by atoms with Crippen molar-refractivity contribution in [2.75, 3.05) is 0 Å². The maximum absolute atomic E-state index is 13.2. The average Bonchev–Trinajstić information content (AvgIpc) is 2.70. The highest BCUT2D eigenvalue weighted by Gasteiger charge is 2.18. The minimum absolute atomic E-state index is 0.0479. The van der Waals surface area contributed by atoms with E-state index in [-0.39, 0.29) is 11.2 Å². The number of rotatable bonds is 4. The lowest BCUT2D eigenvalue weighted by Crippen LogP contribution is -1.96. The Bertz CT molecular complexity index is 601. The van der Waals surface area contributed by atoms with Crippen LogP contribution in [-0.4, -0.2) is 0 Å². The van der Waals surface area contributed by atoms with Gasteiger partial charge in [-0.25, -0.2) is 4.39 Å². The molecule has 0 radical (unpaired) electrons. The van der Waals surface area contributed by atoms with Crippen LogP contribution in [0.5, 0.6) is 0 Å². The SMILES string of the molecule is Cc1cc(F)ccc1-c1cc(C(Cl)CC(C)C)c(C)o1. The second kappa shape index (κ2) is 6.01. The molecule has 0 amide bonds. The summed E-state index contributed by atoms with van der Waals surface area (Å²) in [5, 5.41) is -0.0479. The van der Waals surface area contributed by atoms with Gasteiger partial charge in [0, 0.05) is 11.1 Å². The minimum atomic E-state index is -0.232. The van der Waals surface area contributed by atoms with Gasteiger partial charge in [-0.3, -0.25) is 0 Å². The average molecular weight is 295 g/mol. The van der Waals surface area contributed by atoms with E-state index in [0.29, 0.717) is 5.92 Å². The van der Waals surface area contributed by atoms with Crippen molar-refractivity contribution < 1.29 is 8.81 Å². The van der Waals surface area contributed by atoms with E-state index in [1.54, 1.807) is 6.07 Å². The van der Waals surface area contributed by atoms with Crippen LogP contribution in [0.15, 0.2) is 28.7 Å². The first-order chi connectivity index (χ1) is 9.38. The molecule has 0 saturated carbocycles. The molecule has 0 aliphatic heterocycles. The highest BCUT2D eigenvalue weighted by molar-refractivity contribution is 6.20. The van der Waals surface area contributed by atoms with Crippen LogP contribution in [0.3, 0.4) is 0 Å². The Morgan fingerprint density at radius 1 is 1.20 bits per heavy atom. The number of hydrogen-bond acceptors (Lipinski definition) is 1. The number of furan rings is 1. The Morgan fingerprint density at radius 2 is 1.90 bits per heavy atom. The van der Waals surface area contributed by atoms with E-state index < -0.39 is 0 Å². The summed E-state index contributed by atoms with van der Waals surface area (Å²) in [5.41, 5.74) is 2.80. The minimum Gasteiger partial charge on any atom is -0.461 e. The lowest BCUT2D eigenvalue weighted by atomic mass is 10.0. The van der Waals surface area contributed by atoms with E-state index in [1.165, 1.54) is 12.1 Å². The van der Waals surface area contributed by atoms with Gasteiger partial charge in [-0.1, -0.05) is 13.8 Å². The van der Waals surface area contributed by atoms with Gasteiger partial charge in [0.1, 0.15) is 17.3 Å². The lowest BCUT2D eigenvalue weighted by molar-refractivity contribution is 0.530. The second-order valence-electron chi connectivity index (χ2n) is 5.68. The molecule has 1 atom stereocenters. The first-order valence-corrected chi connectivity index (χ1v) is 7.33. The van der Waals surface area contributed by atoms with Gasteiger partial charge >= 0.3 is 0 Å².